The Kier molecular flexibility index (Phi) is 6.46. The van der Waals surface area contributed by atoms with Crippen molar-refractivity contribution in [3.63, 3.8) is 0 Å². The summed E-state index contributed by atoms with van der Waals surface area (Å²) in [5, 5.41) is 10.8. The minimum Gasteiger partial charge on any atom is -0.507 e. The zero-order chi connectivity index (χ0) is 22.7. The Balaban J connectivity index is 1.59. The van der Waals surface area contributed by atoms with Gasteiger partial charge in [0.25, 0.3) is 0 Å². The first kappa shape index (κ1) is 21.9. The highest BCUT2D eigenvalue weighted by Gasteiger charge is 2.21. The van der Waals surface area contributed by atoms with Gasteiger partial charge in [0, 0.05) is 13.1 Å². The number of aromatic hydroxyl groups is 1. The molecule has 0 radical (unpaired) electrons. The second-order valence-corrected chi connectivity index (χ2v) is 8.20. The van der Waals surface area contributed by atoms with Crippen LogP contribution in [0.15, 0.2) is 51.9 Å². The number of carbonyl (C=O) groups excluding carboxylic acids is 1. The smallest absolute Gasteiger partial charge is 0.338 e. The predicted octanol–water partition coefficient (Wildman–Crippen LogP) is 4.70. The van der Waals surface area contributed by atoms with Crippen LogP contribution in [0.4, 0.5) is 0 Å². The molecule has 1 fully saturated rings. The average Bonchev–Trinajstić information content (AvgIpc) is 2.78. The molecule has 0 aliphatic carbocycles. The van der Waals surface area contributed by atoms with E-state index < -0.39 is 5.97 Å². The Bertz CT molecular complexity index is 1170. The van der Waals surface area contributed by atoms with Crippen LogP contribution in [0.5, 0.6) is 17.2 Å². The molecule has 1 atom stereocenters. The van der Waals surface area contributed by atoms with Crippen molar-refractivity contribution in [3.05, 3.63) is 64.0 Å². The summed E-state index contributed by atoms with van der Waals surface area (Å²) >= 11 is 0. The Morgan fingerprint density at radius 2 is 2.00 bits per heavy atom. The van der Waals surface area contributed by atoms with Crippen LogP contribution in [0.1, 0.15) is 42.6 Å². The molecule has 0 saturated carbocycles. The topological polar surface area (TPSA) is 89.2 Å². The van der Waals surface area contributed by atoms with Crippen molar-refractivity contribution in [2.24, 2.45) is 5.92 Å². The lowest BCUT2D eigenvalue weighted by atomic mass is 9.99. The first-order valence-electron chi connectivity index (χ1n) is 10.9. The normalized spacial score (nSPS) is 16.8. The number of nitrogens with zero attached hydrogens (tertiary/aromatic N) is 1. The molecule has 168 valence electrons. The molecule has 7 heteroatoms. The minimum absolute atomic E-state index is 0.0321. The third-order valence-electron chi connectivity index (χ3n) is 5.70. The number of carbonyl (C=O) groups is 1. The number of phenols is 1. The Morgan fingerprint density at radius 3 is 2.72 bits per heavy atom. The van der Waals surface area contributed by atoms with Crippen LogP contribution in [0.25, 0.3) is 11.0 Å². The number of likely N-dealkylation sites (tertiary alicyclic amines) is 1. The van der Waals surface area contributed by atoms with E-state index in [2.05, 4.69) is 11.8 Å². The summed E-state index contributed by atoms with van der Waals surface area (Å²) in [5.41, 5.74) is 1.06. The molecule has 7 nitrogen and oxygen atoms in total. The number of piperidine rings is 1. The average molecular weight is 437 g/mol. The first-order valence-corrected chi connectivity index (χ1v) is 10.9. The van der Waals surface area contributed by atoms with Gasteiger partial charge in [-0.05, 0) is 68.6 Å². The van der Waals surface area contributed by atoms with Crippen molar-refractivity contribution < 1.29 is 23.8 Å². The summed E-state index contributed by atoms with van der Waals surface area (Å²) in [7, 11) is 0. The van der Waals surface area contributed by atoms with Crippen molar-refractivity contribution in [2.75, 3.05) is 19.7 Å². The van der Waals surface area contributed by atoms with Crippen molar-refractivity contribution in [1.29, 1.82) is 0 Å². The second kappa shape index (κ2) is 9.44. The van der Waals surface area contributed by atoms with E-state index in [1.165, 1.54) is 18.8 Å². The number of hydrogen-bond donors (Lipinski definition) is 1. The van der Waals surface area contributed by atoms with Crippen LogP contribution in [0, 0.1) is 5.92 Å². The van der Waals surface area contributed by atoms with E-state index in [1.807, 2.05) is 0 Å². The molecule has 1 N–H and O–H groups in total. The predicted molar refractivity (Wildman–Crippen MR) is 120 cm³/mol. The monoisotopic (exact) mass is 437 g/mol. The summed E-state index contributed by atoms with van der Waals surface area (Å²) in [4.78, 5) is 27.1. The molecule has 1 aromatic heterocycles. The van der Waals surface area contributed by atoms with Gasteiger partial charge < -0.3 is 19.0 Å². The number of rotatable bonds is 6. The molecule has 32 heavy (non-hydrogen) atoms. The summed E-state index contributed by atoms with van der Waals surface area (Å²) in [6, 6.07) is 9.41. The quantitative estimate of drug-likeness (QED) is 0.559. The molecule has 0 amide bonds. The summed E-state index contributed by atoms with van der Waals surface area (Å²) in [5.74, 6) is 0.723. The zero-order valence-electron chi connectivity index (χ0n) is 18.3. The van der Waals surface area contributed by atoms with E-state index >= 15 is 0 Å². The van der Waals surface area contributed by atoms with Crippen molar-refractivity contribution in [1.82, 2.24) is 4.90 Å². The maximum Gasteiger partial charge on any atom is 0.338 e. The first-order chi connectivity index (χ1) is 15.5. The lowest BCUT2D eigenvalue weighted by Gasteiger charge is -2.31. The van der Waals surface area contributed by atoms with Crippen LogP contribution in [-0.4, -0.2) is 35.7 Å². The second-order valence-electron chi connectivity index (χ2n) is 8.20. The van der Waals surface area contributed by atoms with E-state index in [9.17, 15) is 14.7 Å². The van der Waals surface area contributed by atoms with Gasteiger partial charge in [-0.2, -0.15) is 0 Å². The van der Waals surface area contributed by atoms with E-state index in [1.54, 1.807) is 37.3 Å². The number of fused-ring (bicyclic) bond motifs is 1. The van der Waals surface area contributed by atoms with E-state index in [4.69, 9.17) is 13.9 Å². The van der Waals surface area contributed by atoms with Crippen LogP contribution < -0.4 is 10.2 Å². The highest BCUT2D eigenvalue weighted by atomic mass is 16.5. The number of phenolic OH excluding ortho intramolecular Hbond substituents is 1. The molecular weight excluding hydrogens is 410 g/mol. The molecule has 2 heterocycles. The van der Waals surface area contributed by atoms with Crippen LogP contribution in [0.2, 0.25) is 0 Å². The van der Waals surface area contributed by atoms with Gasteiger partial charge in [-0.15, -0.1) is 0 Å². The van der Waals surface area contributed by atoms with Crippen molar-refractivity contribution in [2.45, 2.75) is 33.2 Å². The molecule has 1 aliphatic heterocycles. The summed E-state index contributed by atoms with van der Waals surface area (Å²) in [6.07, 6.45) is 3.59. The maximum absolute atomic E-state index is 13.0. The van der Waals surface area contributed by atoms with E-state index in [0.29, 0.717) is 46.9 Å². The van der Waals surface area contributed by atoms with E-state index in [0.717, 1.165) is 19.5 Å². The summed E-state index contributed by atoms with van der Waals surface area (Å²) in [6.45, 7) is 6.68. The lowest BCUT2D eigenvalue weighted by Crippen LogP contribution is -2.33. The third kappa shape index (κ3) is 4.62. The number of hydrogen-bond acceptors (Lipinski definition) is 7. The van der Waals surface area contributed by atoms with Gasteiger partial charge >= 0.3 is 5.97 Å². The fraction of sp³-hybridized carbons (Fsp3) is 0.360. The SMILES string of the molecule is CCOC(=O)c1ccc(Oc2coc3c(CN4CCCC(C)C4)c(O)ccc3c2=O)cc1. The van der Waals surface area contributed by atoms with Gasteiger partial charge in [0.15, 0.2) is 0 Å². The van der Waals surface area contributed by atoms with Crippen LogP contribution >= 0.6 is 0 Å². The number of esters is 1. The minimum atomic E-state index is -0.417. The lowest BCUT2D eigenvalue weighted by molar-refractivity contribution is 0.0526. The largest absolute Gasteiger partial charge is 0.507 e. The highest BCUT2D eigenvalue weighted by molar-refractivity contribution is 5.89. The third-order valence-corrected chi connectivity index (χ3v) is 5.70. The number of benzene rings is 2. The molecule has 1 aliphatic rings. The van der Waals surface area contributed by atoms with Gasteiger partial charge in [0.05, 0.1) is 23.1 Å². The molecule has 2 aromatic carbocycles. The van der Waals surface area contributed by atoms with Crippen LogP contribution in [-0.2, 0) is 11.3 Å². The Morgan fingerprint density at radius 1 is 1.22 bits per heavy atom. The molecule has 4 rings (SSSR count). The van der Waals surface area contributed by atoms with Gasteiger partial charge in [-0.25, -0.2) is 4.79 Å². The molecule has 1 saturated heterocycles. The zero-order valence-corrected chi connectivity index (χ0v) is 18.3. The highest BCUT2D eigenvalue weighted by Crippen LogP contribution is 2.30. The van der Waals surface area contributed by atoms with Gasteiger partial charge in [-0.3, -0.25) is 9.69 Å². The van der Waals surface area contributed by atoms with Crippen LogP contribution in [0.3, 0.4) is 0 Å². The Hall–Kier alpha value is -3.32. The standard InChI is InChI=1S/C25H27NO6/c1-3-30-25(29)17-6-8-18(9-7-17)32-22-15-31-24-19(23(22)28)10-11-21(27)20(24)14-26-12-4-5-16(2)13-26/h6-11,15-16,27H,3-5,12-14H2,1-2H3. The fourth-order valence-electron chi connectivity index (χ4n) is 4.11. The fourth-order valence-corrected chi connectivity index (χ4v) is 4.11. The Labute approximate surface area is 186 Å². The van der Waals surface area contributed by atoms with Crippen molar-refractivity contribution in [3.8, 4) is 17.2 Å². The van der Waals surface area contributed by atoms with Gasteiger partial charge in [-0.1, -0.05) is 6.92 Å². The summed E-state index contributed by atoms with van der Waals surface area (Å²) < 4.78 is 16.5. The van der Waals surface area contributed by atoms with Crippen molar-refractivity contribution >= 4 is 16.9 Å². The molecule has 0 spiro atoms. The molecular formula is C25H27NO6. The van der Waals surface area contributed by atoms with E-state index in [-0.39, 0.29) is 16.9 Å². The van der Waals surface area contributed by atoms with Gasteiger partial charge in [0.1, 0.15) is 23.3 Å². The van der Waals surface area contributed by atoms with Gasteiger partial charge in [0.2, 0.25) is 11.2 Å². The molecule has 3 aromatic rings. The number of ether oxygens (including phenoxy) is 2. The maximum atomic E-state index is 13.0. The molecule has 0 bridgehead atoms. The molecule has 1 unspecified atom stereocenters.